The van der Waals surface area contributed by atoms with Crippen molar-refractivity contribution in [2.24, 2.45) is 0 Å². The Kier molecular flexibility index (Phi) is 2.56. The highest BCUT2D eigenvalue weighted by Crippen LogP contribution is 2.22. The molecule has 0 bridgehead atoms. The van der Waals surface area contributed by atoms with Crippen LogP contribution < -0.4 is 0 Å². The van der Waals surface area contributed by atoms with Crippen molar-refractivity contribution < 1.29 is 9.63 Å². The van der Waals surface area contributed by atoms with Crippen LogP contribution in [0.25, 0.3) is 0 Å². The lowest BCUT2D eigenvalue weighted by atomic mass is 9.94. The summed E-state index contributed by atoms with van der Waals surface area (Å²) in [4.78, 5) is 2.31. The van der Waals surface area contributed by atoms with Crippen molar-refractivity contribution in [3.63, 3.8) is 0 Å². The van der Waals surface area contributed by atoms with Crippen LogP contribution in [0.5, 0.6) is 0 Å². The van der Waals surface area contributed by atoms with Gasteiger partial charge in [-0.1, -0.05) is 5.16 Å². The summed E-state index contributed by atoms with van der Waals surface area (Å²) in [6.07, 6.45) is 5.11. The van der Waals surface area contributed by atoms with E-state index in [0.29, 0.717) is 0 Å². The Labute approximate surface area is 83.5 Å². The van der Waals surface area contributed by atoms with Crippen LogP contribution in [0.15, 0.2) is 17.0 Å². The van der Waals surface area contributed by atoms with Crippen molar-refractivity contribution in [2.75, 3.05) is 13.1 Å². The number of rotatable bonds is 2. The number of nitrogens with zero attached hydrogens (tertiary/aromatic N) is 2. The van der Waals surface area contributed by atoms with Crippen molar-refractivity contribution >= 4 is 0 Å². The van der Waals surface area contributed by atoms with Gasteiger partial charge in [0.05, 0.1) is 11.8 Å². The molecule has 1 aromatic rings. The van der Waals surface area contributed by atoms with Crippen LogP contribution in [0.4, 0.5) is 0 Å². The Hall–Kier alpha value is -0.870. The van der Waals surface area contributed by atoms with E-state index in [1.807, 2.05) is 6.92 Å². The third-order valence-electron chi connectivity index (χ3n) is 2.82. The summed E-state index contributed by atoms with van der Waals surface area (Å²) < 4.78 is 4.77. The van der Waals surface area contributed by atoms with E-state index in [9.17, 15) is 5.11 Å². The maximum Gasteiger partial charge on any atom is 0.128 e. The zero-order valence-electron chi connectivity index (χ0n) is 8.44. The van der Waals surface area contributed by atoms with E-state index in [1.165, 1.54) is 0 Å². The molecule has 1 N–H and O–H groups in total. The van der Waals surface area contributed by atoms with Crippen molar-refractivity contribution in [2.45, 2.75) is 31.9 Å². The summed E-state index contributed by atoms with van der Waals surface area (Å²) in [6, 6.07) is 0. The number of likely N-dealkylation sites (tertiary alicyclic amines) is 1. The first-order chi connectivity index (χ1) is 6.66. The van der Waals surface area contributed by atoms with Crippen molar-refractivity contribution in [1.29, 1.82) is 0 Å². The lowest BCUT2D eigenvalue weighted by Gasteiger charge is -2.35. The summed E-state index contributed by atoms with van der Waals surface area (Å²) in [7, 11) is 0. The smallest absolute Gasteiger partial charge is 0.128 e. The molecule has 1 aliphatic rings. The van der Waals surface area contributed by atoms with E-state index in [0.717, 1.165) is 38.0 Å². The second-order valence-corrected chi connectivity index (χ2v) is 4.31. The van der Waals surface area contributed by atoms with Gasteiger partial charge in [-0.2, -0.15) is 0 Å². The second-order valence-electron chi connectivity index (χ2n) is 4.31. The van der Waals surface area contributed by atoms with Crippen LogP contribution in [-0.4, -0.2) is 33.9 Å². The summed E-state index contributed by atoms with van der Waals surface area (Å²) in [5.41, 5.74) is 0.636. The lowest BCUT2D eigenvalue weighted by molar-refractivity contribution is -0.00732. The summed E-state index contributed by atoms with van der Waals surface area (Å²) in [6.45, 7) is 4.67. The SMILES string of the molecule is CC1(O)CCN(Cc2cnoc2)CC1. The first kappa shape index (κ1) is 9.68. The number of piperidine rings is 1. The Morgan fingerprint density at radius 3 is 2.86 bits per heavy atom. The van der Waals surface area contributed by atoms with Crippen LogP contribution in [0.2, 0.25) is 0 Å². The lowest BCUT2D eigenvalue weighted by Crippen LogP contribution is -2.41. The highest BCUT2D eigenvalue weighted by molar-refractivity contribution is 5.00. The molecule has 0 aliphatic carbocycles. The van der Waals surface area contributed by atoms with E-state index >= 15 is 0 Å². The fourth-order valence-corrected chi connectivity index (χ4v) is 1.76. The molecule has 4 heteroatoms. The molecule has 1 aliphatic heterocycles. The molecule has 4 nitrogen and oxygen atoms in total. The first-order valence-electron chi connectivity index (χ1n) is 4.99. The normalized spacial score (nSPS) is 22.4. The molecule has 1 aromatic heterocycles. The Morgan fingerprint density at radius 2 is 2.29 bits per heavy atom. The minimum absolute atomic E-state index is 0.467. The van der Waals surface area contributed by atoms with Gasteiger partial charge in [-0.25, -0.2) is 0 Å². The molecule has 0 aromatic carbocycles. The van der Waals surface area contributed by atoms with Gasteiger partial charge < -0.3 is 9.63 Å². The van der Waals surface area contributed by atoms with Crippen LogP contribution in [0.3, 0.4) is 0 Å². The van der Waals surface area contributed by atoms with E-state index < -0.39 is 5.60 Å². The third-order valence-corrected chi connectivity index (χ3v) is 2.82. The molecule has 14 heavy (non-hydrogen) atoms. The highest BCUT2D eigenvalue weighted by atomic mass is 16.5. The average molecular weight is 196 g/mol. The molecular weight excluding hydrogens is 180 g/mol. The van der Waals surface area contributed by atoms with Crippen molar-refractivity contribution in [1.82, 2.24) is 10.1 Å². The average Bonchev–Trinajstić information content (AvgIpc) is 2.61. The van der Waals surface area contributed by atoms with Gasteiger partial charge in [-0.3, -0.25) is 4.90 Å². The number of aromatic nitrogens is 1. The minimum Gasteiger partial charge on any atom is -0.390 e. The van der Waals surface area contributed by atoms with Crippen molar-refractivity contribution in [3.8, 4) is 0 Å². The Bertz CT molecular complexity index is 272. The monoisotopic (exact) mass is 196 g/mol. The summed E-state index contributed by atoms with van der Waals surface area (Å²) >= 11 is 0. The van der Waals surface area contributed by atoms with E-state index in [1.54, 1.807) is 12.5 Å². The topological polar surface area (TPSA) is 49.5 Å². The maximum atomic E-state index is 9.76. The van der Waals surface area contributed by atoms with Gasteiger partial charge in [0, 0.05) is 25.2 Å². The van der Waals surface area contributed by atoms with Gasteiger partial charge in [0.15, 0.2) is 0 Å². The van der Waals surface area contributed by atoms with Gasteiger partial charge in [0.2, 0.25) is 0 Å². The molecule has 2 heterocycles. The van der Waals surface area contributed by atoms with Gasteiger partial charge in [-0.15, -0.1) is 0 Å². The molecule has 78 valence electrons. The fourth-order valence-electron chi connectivity index (χ4n) is 1.76. The van der Waals surface area contributed by atoms with Gasteiger partial charge in [0.1, 0.15) is 6.26 Å². The molecule has 0 amide bonds. The van der Waals surface area contributed by atoms with Gasteiger partial charge in [0.25, 0.3) is 0 Å². The first-order valence-corrected chi connectivity index (χ1v) is 4.99. The van der Waals surface area contributed by atoms with E-state index in [2.05, 4.69) is 10.1 Å². The van der Waals surface area contributed by atoms with Crippen LogP contribution in [0.1, 0.15) is 25.3 Å². The summed E-state index contributed by atoms with van der Waals surface area (Å²) in [5, 5.41) is 13.4. The predicted octanol–water partition coefficient (Wildman–Crippen LogP) is 1.02. The molecule has 1 saturated heterocycles. The van der Waals surface area contributed by atoms with Gasteiger partial charge in [-0.05, 0) is 19.8 Å². The standard InChI is InChI=1S/C10H16N2O2/c1-10(13)2-4-12(5-3-10)7-9-6-11-14-8-9/h6,8,13H,2-5,7H2,1H3. The second kappa shape index (κ2) is 3.71. The predicted molar refractivity (Wildman–Crippen MR) is 51.6 cm³/mol. The minimum atomic E-state index is -0.467. The molecule has 0 spiro atoms. The molecule has 0 radical (unpaired) electrons. The zero-order chi connectivity index (χ0) is 10.0. The number of hydrogen-bond donors (Lipinski definition) is 1. The molecule has 1 fully saturated rings. The van der Waals surface area contributed by atoms with E-state index in [-0.39, 0.29) is 0 Å². The number of aliphatic hydroxyl groups is 1. The fraction of sp³-hybridized carbons (Fsp3) is 0.700. The third kappa shape index (κ3) is 2.33. The molecular formula is C10H16N2O2. The molecule has 0 saturated carbocycles. The quantitative estimate of drug-likeness (QED) is 0.767. The summed E-state index contributed by atoms with van der Waals surface area (Å²) in [5.74, 6) is 0. The zero-order valence-corrected chi connectivity index (χ0v) is 8.44. The molecule has 0 unspecified atom stereocenters. The molecule has 2 rings (SSSR count). The Balaban J connectivity index is 1.85. The van der Waals surface area contributed by atoms with Crippen LogP contribution >= 0.6 is 0 Å². The maximum absolute atomic E-state index is 9.76. The molecule has 0 atom stereocenters. The largest absolute Gasteiger partial charge is 0.390 e. The van der Waals surface area contributed by atoms with Crippen LogP contribution in [0, 0.1) is 0 Å². The van der Waals surface area contributed by atoms with Crippen LogP contribution in [-0.2, 0) is 6.54 Å². The Morgan fingerprint density at radius 1 is 1.57 bits per heavy atom. The van der Waals surface area contributed by atoms with E-state index in [4.69, 9.17) is 4.52 Å². The number of hydrogen-bond acceptors (Lipinski definition) is 4. The van der Waals surface area contributed by atoms with Crippen molar-refractivity contribution in [3.05, 3.63) is 18.0 Å². The van der Waals surface area contributed by atoms with Gasteiger partial charge >= 0.3 is 0 Å². The highest BCUT2D eigenvalue weighted by Gasteiger charge is 2.27.